The van der Waals surface area contributed by atoms with Crippen molar-refractivity contribution in [1.82, 2.24) is 20.1 Å². The number of rotatable bonds is 8. The molecule has 0 aliphatic rings. The summed E-state index contributed by atoms with van der Waals surface area (Å²) in [6, 6.07) is 7.24. The topological polar surface area (TPSA) is 92.1 Å². The minimum atomic E-state index is -0.305. The molecule has 0 bridgehead atoms. The minimum absolute atomic E-state index is 0.0107. The van der Waals surface area contributed by atoms with Crippen molar-refractivity contribution >= 4 is 11.8 Å². The lowest BCUT2D eigenvalue weighted by Crippen LogP contribution is -2.35. The van der Waals surface area contributed by atoms with Crippen LogP contribution in [0.2, 0.25) is 0 Å². The summed E-state index contributed by atoms with van der Waals surface area (Å²) < 4.78 is 1.65. The number of pyridine rings is 1. The first-order valence-corrected chi connectivity index (χ1v) is 8.21. The average Bonchev–Trinajstić information content (AvgIpc) is 2.92. The van der Waals surface area contributed by atoms with Gasteiger partial charge in [0.15, 0.2) is 0 Å². The Morgan fingerprint density at radius 2 is 2.21 bits per heavy atom. The molecule has 0 fully saturated rings. The number of carbonyl (C=O) groups is 1. The second-order valence-electron chi connectivity index (χ2n) is 5.80. The van der Waals surface area contributed by atoms with Crippen molar-refractivity contribution in [2.24, 2.45) is 13.0 Å². The zero-order chi connectivity index (χ0) is 17.4. The van der Waals surface area contributed by atoms with Crippen LogP contribution in [-0.4, -0.2) is 39.1 Å². The minimum Gasteiger partial charge on any atom is -0.396 e. The number of nitrogens with one attached hydrogen (secondary N) is 2. The van der Waals surface area contributed by atoms with E-state index in [4.69, 9.17) is 0 Å². The van der Waals surface area contributed by atoms with Gasteiger partial charge in [-0.05, 0) is 25.0 Å². The maximum Gasteiger partial charge on any atom is 0.320 e. The van der Waals surface area contributed by atoms with Crippen molar-refractivity contribution in [2.75, 3.05) is 18.5 Å². The number of nitrogens with zero attached hydrogens (tertiary/aromatic N) is 3. The van der Waals surface area contributed by atoms with Gasteiger partial charge in [-0.2, -0.15) is 5.10 Å². The monoisotopic (exact) mass is 331 g/mol. The molecule has 7 heteroatoms. The van der Waals surface area contributed by atoms with Crippen LogP contribution in [0.4, 0.5) is 10.6 Å². The molecule has 0 radical (unpaired) electrons. The fourth-order valence-electron chi connectivity index (χ4n) is 2.44. The Labute approximate surface area is 142 Å². The Hall–Kier alpha value is -2.41. The maximum atomic E-state index is 12.0. The van der Waals surface area contributed by atoms with Crippen LogP contribution >= 0.6 is 0 Å². The molecule has 0 spiro atoms. The van der Waals surface area contributed by atoms with Crippen LogP contribution in [0.3, 0.4) is 0 Å². The van der Waals surface area contributed by atoms with Gasteiger partial charge < -0.3 is 10.4 Å². The van der Waals surface area contributed by atoms with Gasteiger partial charge in [-0.1, -0.05) is 19.4 Å². The largest absolute Gasteiger partial charge is 0.396 e. The van der Waals surface area contributed by atoms with Crippen molar-refractivity contribution in [3.8, 4) is 0 Å². The Kier molecular flexibility index (Phi) is 6.74. The van der Waals surface area contributed by atoms with E-state index in [-0.39, 0.29) is 18.6 Å². The number of carbonyl (C=O) groups excluding carboxylic acids is 1. The lowest BCUT2D eigenvalue weighted by atomic mass is 10.0. The third-order valence-corrected chi connectivity index (χ3v) is 3.71. The highest BCUT2D eigenvalue weighted by atomic mass is 16.3. The first-order valence-electron chi connectivity index (χ1n) is 8.21. The third-order valence-electron chi connectivity index (χ3n) is 3.71. The first kappa shape index (κ1) is 17.9. The fraction of sp³-hybridized carbons (Fsp3) is 0.471. The van der Waals surface area contributed by atoms with E-state index in [0.29, 0.717) is 18.8 Å². The summed E-state index contributed by atoms with van der Waals surface area (Å²) in [4.78, 5) is 16.3. The molecule has 0 aliphatic heterocycles. The van der Waals surface area contributed by atoms with E-state index in [1.54, 1.807) is 17.9 Å². The molecule has 24 heavy (non-hydrogen) atoms. The van der Waals surface area contributed by atoms with E-state index in [1.807, 2.05) is 24.3 Å². The summed E-state index contributed by atoms with van der Waals surface area (Å²) in [6.45, 7) is 2.45. The van der Waals surface area contributed by atoms with Crippen molar-refractivity contribution < 1.29 is 9.90 Å². The molecule has 7 nitrogen and oxygen atoms in total. The Morgan fingerprint density at radius 3 is 2.88 bits per heavy atom. The third kappa shape index (κ3) is 5.34. The van der Waals surface area contributed by atoms with Crippen LogP contribution in [0.25, 0.3) is 0 Å². The van der Waals surface area contributed by atoms with Crippen LogP contribution < -0.4 is 10.6 Å². The lowest BCUT2D eigenvalue weighted by molar-refractivity contribution is 0.217. The van der Waals surface area contributed by atoms with Crippen LogP contribution in [-0.2, 0) is 19.9 Å². The second kappa shape index (κ2) is 9.02. The number of amides is 2. The van der Waals surface area contributed by atoms with E-state index < -0.39 is 0 Å². The molecule has 0 aromatic carbocycles. The van der Waals surface area contributed by atoms with Crippen LogP contribution in [0.5, 0.6) is 0 Å². The summed E-state index contributed by atoms with van der Waals surface area (Å²) in [5.41, 5.74) is 1.85. The molecule has 0 aliphatic carbocycles. The van der Waals surface area contributed by atoms with Crippen LogP contribution in [0.1, 0.15) is 24.7 Å². The molecule has 0 saturated carbocycles. The molecule has 2 amide bonds. The normalized spacial score (nSPS) is 12.0. The maximum absolute atomic E-state index is 12.0. The first-order chi connectivity index (χ1) is 11.6. The molecule has 1 atom stereocenters. The van der Waals surface area contributed by atoms with Crippen LogP contribution in [0.15, 0.2) is 30.5 Å². The van der Waals surface area contributed by atoms with Gasteiger partial charge in [0.2, 0.25) is 0 Å². The van der Waals surface area contributed by atoms with Crippen LogP contribution in [0, 0.1) is 5.92 Å². The Balaban J connectivity index is 1.83. The summed E-state index contributed by atoms with van der Waals surface area (Å²) >= 11 is 0. The number of anilines is 1. The molecule has 1 unspecified atom stereocenters. The number of aliphatic hydroxyl groups excluding tert-OH is 1. The summed E-state index contributed by atoms with van der Waals surface area (Å²) in [6.07, 6.45) is 4.23. The van der Waals surface area contributed by atoms with E-state index in [9.17, 15) is 9.90 Å². The molecule has 0 saturated heterocycles. The van der Waals surface area contributed by atoms with Gasteiger partial charge in [-0.15, -0.1) is 0 Å². The number of urea groups is 1. The van der Waals surface area contributed by atoms with Crippen molar-refractivity contribution in [3.63, 3.8) is 0 Å². The molecular weight excluding hydrogens is 306 g/mol. The van der Waals surface area contributed by atoms with Gasteiger partial charge >= 0.3 is 6.03 Å². The molecule has 2 heterocycles. The highest BCUT2D eigenvalue weighted by Crippen LogP contribution is 2.11. The fourth-order valence-corrected chi connectivity index (χ4v) is 2.44. The standard InChI is InChI=1S/C17H25N5O2/c1-3-6-15-10-16(22(2)21-15)20-17(24)19-11-13(12-23)9-14-7-4-5-8-18-14/h4-5,7-8,10,13,23H,3,6,9,11-12H2,1-2H3,(H2,19,20,24). The number of aryl methyl sites for hydroxylation is 2. The molecule has 2 aromatic heterocycles. The van der Waals surface area contributed by atoms with E-state index in [1.165, 1.54) is 0 Å². The molecule has 130 valence electrons. The Morgan fingerprint density at radius 1 is 1.38 bits per heavy atom. The molecule has 2 aromatic rings. The zero-order valence-electron chi connectivity index (χ0n) is 14.2. The highest BCUT2D eigenvalue weighted by molar-refractivity contribution is 5.88. The summed E-state index contributed by atoms with van der Waals surface area (Å²) in [5, 5.41) is 19.4. The van der Waals surface area contributed by atoms with Gasteiger partial charge in [0.25, 0.3) is 0 Å². The molecule has 3 N–H and O–H groups in total. The number of hydrogen-bond donors (Lipinski definition) is 3. The lowest BCUT2D eigenvalue weighted by Gasteiger charge is -2.15. The van der Waals surface area contributed by atoms with Crippen molar-refractivity contribution in [2.45, 2.75) is 26.2 Å². The zero-order valence-corrected chi connectivity index (χ0v) is 14.2. The van der Waals surface area contributed by atoms with Crippen molar-refractivity contribution in [1.29, 1.82) is 0 Å². The Bertz CT molecular complexity index is 642. The van der Waals surface area contributed by atoms with Gasteiger partial charge in [0, 0.05) is 44.1 Å². The molecule has 2 rings (SSSR count). The van der Waals surface area contributed by atoms with Gasteiger partial charge in [-0.25, -0.2) is 4.79 Å². The number of aromatic nitrogens is 3. The number of hydrogen-bond acceptors (Lipinski definition) is 4. The SMILES string of the molecule is CCCc1cc(NC(=O)NCC(CO)Cc2ccccn2)n(C)n1. The highest BCUT2D eigenvalue weighted by Gasteiger charge is 2.13. The predicted molar refractivity (Wildman–Crippen MR) is 92.7 cm³/mol. The van der Waals surface area contributed by atoms with E-state index in [2.05, 4.69) is 27.6 Å². The molecular formula is C17H25N5O2. The van der Waals surface area contributed by atoms with E-state index in [0.717, 1.165) is 24.2 Å². The summed E-state index contributed by atoms with van der Waals surface area (Å²) in [7, 11) is 1.80. The summed E-state index contributed by atoms with van der Waals surface area (Å²) in [5.74, 6) is 0.578. The predicted octanol–water partition coefficient (Wildman–Crippen LogP) is 1.74. The second-order valence-corrected chi connectivity index (χ2v) is 5.80. The van der Waals surface area contributed by atoms with Gasteiger partial charge in [0.05, 0.1) is 5.69 Å². The quantitative estimate of drug-likeness (QED) is 0.687. The smallest absolute Gasteiger partial charge is 0.320 e. The average molecular weight is 331 g/mol. The van der Waals surface area contributed by atoms with Gasteiger partial charge in [-0.3, -0.25) is 15.0 Å². The number of aliphatic hydroxyl groups is 1. The van der Waals surface area contributed by atoms with Gasteiger partial charge in [0.1, 0.15) is 5.82 Å². The van der Waals surface area contributed by atoms with Crippen molar-refractivity contribution in [3.05, 3.63) is 41.9 Å². The van der Waals surface area contributed by atoms with E-state index >= 15 is 0 Å².